The Labute approximate surface area is 110 Å². The highest BCUT2D eigenvalue weighted by molar-refractivity contribution is 5.75. The number of nitrogens with one attached hydrogen (secondary N) is 1. The third kappa shape index (κ3) is 4.94. The summed E-state index contributed by atoms with van der Waals surface area (Å²) in [6, 6.07) is -0.338. The second-order valence-corrected chi connectivity index (χ2v) is 5.83. The minimum absolute atomic E-state index is 0.243. The van der Waals surface area contributed by atoms with Crippen molar-refractivity contribution >= 4 is 5.97 Å². The number of rotatable bonds is 6. The lowest BCUT2D eigenvalue weighted by Crippen LogP contribution is -2.42. The zero-order valence-corrected chi connectivity index (χ0v) is 12.1. The second kappa shape index (κ2) is 7.10. The fourth-order valence-corrected chi connectivity index (χ4v) is 2.37. The molecule has 1 aliphatic carbocycles. The maximum Gasteiger partial charge on any atom is 0.325 e. The van der Waals surface area contributed by atoms with Gasteiger partial charge in [-0.25, -0.2) is 0 Å². The Hall–Kier alpha value is -0.610. The lowest BCUT2D eigenvalue weighted by atomic mass is 9.76. The lowest BCUT2D eigenvalue weighted by Gasteiger charge is -2.34. The predicted octanol–water partition coefficient (Wildman–Crippen LogP) is 2.12. The molecule has 0 bridgehead atoms. The molecule has 18 heavy (non-hydrogen) atoms. The Balaban J connectivity index is 2.32. The van der Waals surface area contributed by atoms with E-state index in [9.17, 15) is 4.79 Å². The molecule has 4 nitrogen and oxygen atoms in total. The molecular formula is C14H27NO3. The summed E-state index contributed by atoms with van der Waals surface area (Å²) in [7, 11) is 1.41. The molecule has 0 heterocycles. The molecule has 1 unspecified atom stereocenters. The Bertz CT molecular complexity index is 256. The molecule has 0 amide bonds. The van der Waals surface area contributed by atoms with Crippen LogP contribution in [-0.2, 0) is 14.3 Å². The molecular weight excluding hydrogens is 230 g/mol. The number of carbonyl (C=O) groups is 1. The molecule has 1 fully saturated rings. The predicted molar refractivity (Wildman–Crippen MR) is 71.5 cm³/mol. The van der Waals surface area contributed by atoms with Crippen LogP contribution in [0.5, 0.6) is 0 Å². The van der Waals surface area contributed by atoms with Gasteiger partial charge in [-0.15, -0.1) is 0 Å². The van der Waals surface area contributed by atoms with E-state index < -0.39 is 0 Å². The fraction of sp³-hybridized carbons (Fsp3) is 0.929. The van der Waals surface area contributed by atoms with Crippen molar-refractivity contribution in [2.24, 2.45) is 5.41 Å². The van der Waals surface area contributed by atoms with Crippen molar-refractivity contribution in [2.75, 3.05) is 20.3 Å². The van der Waals surface area contributed by atoms with Gasteiger partial charge in [0, 0.05) is 0 Å². The maximum atomic E-state index is 11.5. The highest BCUT2D eigenvalue weighted by Gasteiger charge is 2.28. The van der Waals surface area contributed by atoms with E-state index in [1.807, 2.05) is 6.92 Å². The molecule has 1 N–H and O–H groups in total. The van der Waals surface area contributed by atoms with Gasteiger partial charge < -0.3 is 14.8 Å². The summed E-state index contributed by atoms with van der Waals surface area (Å²) in [6.45, 7) is 7.73. The SMILES string of the molecule is CCNC(COC1CCC(C)(C)CC1)C(=O)OC. The van der Waals surface area contributed by atoms with Gasteiger partial charge in [-0.2, -0.15) is 0 Å². The third-order valence-corrected chi connectivity index (χ3v) is 3.72. The van der Waals surface area contributed by atoms with Crippen LogP contribution in [0.4, 0.5) is 0 Å². The van der Waals surface area contributed by atoms with Gasteiger partial charge in [0.15, 0.2) is 0 Å². The number of carbonyl (C=O) groups excluding carboxylic acids is 1. The van der Waals surface area contributed by atoms with Crippen LogP contribution in [0, 0.1) is 5.41 Å². The van der Waals surface area contributed by atoms with Gasteiger partial charge in [0.2, 0.25) is 0 Å². The topological polar surface area (TPSA) is 47.6 Å². The molecule has 4 heteroatoms. The first kappa shape index (κ1) is 15.4. The average Bonchev–Trinajstić information content (AvgIpc) is 2.35. The van der Waals surface area contributed by atoms with Gasteiger partial charge in [-0.3, -0.25) is 4.79 Å². The Morgan fingerprint density at radius 3 is 2.50 bits per heavy atom. The van der Waals surface area contributed by atoms with E-state index in [1.165, 1.54) is 20.0 Å². The summed E-state index contributed by atoms with van der Waals surface area (Å²) < 4.78 is 10.6. The van der Waals surface area contributed by atoms with E-state index in [0.29, 0.717) is 18.1 Å². The van der Waals surface area contributed by atoms with Crippen LogP contribution >= 0.6 is 0 Å². The van der Waals surface area contributed by atoms with Crippen LogP contribution in [0.3, 0.4) is 0 Å². The minimum atomic E-state index is -0.338. The Morgan fingerprint density at radius 1 is 1.39 bits per heavy atom. The molecule has 106 valence electrons. The van der Waals surface area contributed by atoms with Crippen LogP contribution in [0.15, 0.2) is 0 Å². The standard InChI is InChI=1S/C14H27NO3/c1-5-15-12(13(16)17-4)10-18-11-6-8-14(2,3)9-7-11/h11-12,15H,5-10H2,1-4H3. The highest BCUT2D eigenvalue weighted by atomic mass is 16.5. The first-order chi connectivity index (χ1) is 8.48. The third-order valence-electron chi connectivity index (χ3n) is 3.72. The minimum Gasteiger partial charge on any atom is -0.468 e. The zero-order chi connectivity index (χ0) is 13.6. The normalized spacial score (nSPS) is 21.6. The zero-order valence-electron chi connectivity index (χ0n) is 12.1. The molecule has 0 spiro atoms. The number of likely N-dealkylation sites (N-methyl/N-ethyl adjacent to an activating group) is 1. The molecule has 0 aromatic rings. The van der Waals surface area contributed by atoms with E-state index in [1.54, 1.807) is 0 Å². The number of methoxy groups -OCH3 is 1. The van der Waals surface area contributed by atoms with Crippen molar-refractivity contribution in [3.8, 4) is 0 Å². The number of esters is 1. The summed E-state index contributed by atoms with van der Waals surface area (Å²) in [6.07, 6.45) is 4.87. The molecule has 1 saturated carbocycles. The molecule has 1 rings (SSSR count). The van der Waals surface area contributed by atoms with Gasteiger partial charge >= 0.3 is 5.97 Å². The number of hydrogen-bond donors (Lipinski definition) is 1. The van der Waals surface area contributed by atoms with E-state index in [-0.39, 0.29) is 12.0 Å². The van der Waals surface area contributed by atoms with E-state index >= 15 is 0 Å². The second-order valence-electron chi connectivity index (χ2n) is 5.83. The molecule has 1 aliphatic rings. The van der Waals surface area contributed by atoms with Gasteiger partial charge in [0.25, 0.3) is 0 Å². The van der Waals surface area contributed by atoms with E-state index in [4.69, 9.17) is 9.47 Å². The Kier molecular flexibility index (Phi) is 6.09. The molecule has 1 atom stereocenters. The van der Waals surface area contributed by atoms with Crippen LogP contribution < -0.4 is 5.32 Å². The molecule has 0 aliphatic heterocycles. The van der Waals surface area contributed by atoms with Gasteiger partial charge in [0.05, 0.1) is 19.8 Å². The quantitative estimate of drug-likeness (QED) is 0.740. The summed E-state index contributed by atoms with van der Waals surface area (Å²) in [4.78, 5) is 11.5. The lowest BCUT2D eigenvalue weighted by molar-refractivity contribution is -0.145. The van der Waals surface area contributed by atoms with Crippen LogP contribution in [0.2, 0.25) is 0 Å². The summed E-state index contributed by atoms with van der Waals surface area (Å²) in [5.74, 6) is -0.243. The molecule has 0 aromatic carbocycles. The summed E-state index contributed by atoms with van der Waals surface area (Å²) >= 11 is 0. The van der Waals surface area contributed by atoms with Gasteiger partial charge in [-0.05, 0) is 37.6 Å². The average molecular weight is 257 g/mol. The number of hydrogen-bond acceptors (Lipinski definition) is 4. The molecule has 0 saturated heterocycles. The first-order valence-corrected chi connectivity index (χ1v) is 6.91. The summed E-state index contributed by atoms with van der Waals surface area (Å²) in [5, 5.41) is 3.09. The van der Waals surface area contributed by atoms with Crippen LogP contribution in [-0.4, -0.2) is 38.4 Å². The van der Waals surface area contributed by atoms with E-state index in [2.05, 4.69) is 19.2 Å². The summed E-state index contributed by atoms with van der Waals surface area (Å²) in [5.41, 5.74) is 0.448. The van der Waals surface area contributed by atoms with Crippen LogP contribution in [0.25, 0.3) is 0 Å². The largest absolute Gasteiger partial charge is 0.468 e. The van der Waals surface area contributed by atoms with Crippen molar-refractivity contribution in [1.29, 1.82) is 0 Å². The smallest absolute Gasteiger partial charge is 0.325 e. The highest BCUT2D eigenvalue weighted by Crippen LogP contribution is 2.36. The fourth-order valence-electron chi connectivity index (χ4n) is 2.37. The monoisotopic (exact) mass is 257 g/mol. The van der Waals surface area contributed by atoms with Crippen molar-refractivity contribution in [3.63, 3.8) is 0 Å². The molecule has 0 aromatic heterocycles. The first-order valence-electron chi connectivity index (χ1n) is 6.91. The van der Waals surface area contributed by atoms with Gasteiger partial charge in [0.1, 0.15) is 6.04 Å². The van der Waals surface area contributed by atoms with Gasteiger partial charge in [-0.1, -0.05) is 20.8 Å². The van der Waals surface area contributed by atoms with Crippen molar-refractivity contribution in [3.05, 3.63) is 0 Å². The Morgan fingerprint density at radius 2 is 2.00 bits per heavy atom. The van der Waals surface area contributed by atoms with E-state index in [0.717, 1.165) is 19.4 Å². The van der Waals surface area contributed by atoms with Crippen molar-refractivity contribution in [2.45, 2.75) is 58.6 Å². The molecule has 0 radical (unpaired) electrons. The van der Waals surface area contributed by atoms with Crippen LogP contribution in [0.1, 0.15) is 46.5 Å². The van der Waals surface area contributed by atoms with Crippen molar-refractivity contribution in [1.82, 2.24) is 5.32 Å². The number of ether oxygens (including phenoxy) is 2. The van der Waals surface area contributed by atoms with Crippen molar-refractivity contribution < 1.29 is 14.3 Å². The maximum absolute atomic E-state index is 11.5.